The maximum Gasteiger partial charge on any atom is 0.180 e. The van der Waals surface area contributed by atoms with E-state index in [1.54, 1.807) is 6.20 Å². The minimum atomic E-state index is 0.632. The van der Waals surface area contributed by atoms with E-state index >= 15 is 0 Å². The zero-order valence-corrected chi connectivity index (χ0v) is 16.7. The Balaban J connectivity index is 1.69. The van der Waals surface area contributed by atoms with Crippen molar-refractivity contribution in [1.82, 2.24) is 19.3 Å². The molecule has 2 aromatic heterocycles. The highest BCUT2D eigenvalue weighted by Gasteiger charge is 2.13. The van der Waals surface area contributed by atoms with Crippen LogP contribution in [-0.2, 0) is 13.1 Å². The summed E-state index contributed by atoms with van der Waals surface area (Å²) in [6.07, 6.45) is 5.69. The van der Waals surface area contributed by atoms with Crippen LogP contribution in [0.25, 0.3) is 16.9 Å². The summed E-state index contributed by atoms with van der Waals surface area (Å²) >= 11 is 6.08. The molecule has 2 aromatic carbocycles. The molecule has 0 saturated heterocycles. The molecule has 142 valence electrons. The molecule has 0 spiro atoms. The Morgan fingerprint density at radius 1 is 1.07 bits per heavy atom. The molecule has 1 N–H and O–H groups in total. The van der Waals surface area contributed by atoms with Gasteiger partial charge in [-0.3, -0.25) is 4.40 Å². The monoisotopic (exact) mass is 391 g/mol. The van der Waals surface area contributed by atoms with E-state index in [2.05, 4.69) is 62.9 Å². The molecule has 0 saturated carbocycles. The van der Waals surface area contributed by atoms with E-state index in [4.69, 9.17) is 11.6 Å². The first-order valence-corrected chi connectivity index (χ1v) is 9.53. The van der Waals surface area contributed by atoms with Crippen molar-refractivity contribution in [2.45, 2.75) is 13.1 Å². The van der Waals surface area contributed by atoms with Gasteiger partial charge < -0.3 is 10.2 Å². The van der Waals surface area contributed by atoms with Crippen molar-refractivity contribution < 1.29 is 0 Å². The number of rotatable bonds is 6. The summed E-state index contributed by atoms with van der Waals surface area (Å²) in [6, 6.07) is 16.2. The maximum atomic E-state index is 6.08. The molecule has 28 heavy (non-hydrogen) atoms. The van der Waals surface area contributed by atoms with E-state index in [-0.39, 0.29) is 0 Å². The summed E-state index contributed by atoms with van der Waals surface area (Å²) in [5, 5.41) is 4.11. The predicted molar refractivity (Wildman–Crippen MR) is 115 cm³/mol. The summed E-state index contributed by atoms with van der Waals surface area (Å²) in [6.45, 7) is 1.49. The van der Waals surface area contributed by atoms with Crippen molar-refractivity contribution in [3.63, 3.8) is 0 Å². The van der Waals surface area contributed by atoms with Gasteiger partial charge in [0.25, 0.3) is 0 Å². The van der Waals surface area contributed by atoms with Crippen molar-refractivity contribution in [3.8, 4) is 11.3 Å². The minimum Gasteiger partial charge on any atom is -0.363 e. The maximum absolute atomic E-state index is 6.08. The van der Waals surface area contributed by atoms with Crippen LogP contribution in [0.3, 0.4) is 0 Å². The molecule has 0 radical (unpaired) electrons. The van der Waals surface area contributed by atoms with Gasteiger partial charge >= 0.3 is 0 Å². The number of hydrogen-bond donors (Lipinski definition) is 1. The van der Waals surface area contributed by atoms with Gasteiger partial charge in [0, 0.05) is 36.1 Å². The lowest BCUT2D eigenvalue weighted by Crippen LogP contribution is -2.12. The van der Waals surface area contributed by atoms with Crippen molar-refractivity contribution in [2.24, 2.45) is 0 Å². The molecule has 0 aliphatic carbocycles. The second-order valence-electron chi connectivity index (χ2n) is 6.99. The fourth-order valence-electron chi connectivity index (χ4n) is 3.32. The van der Waals surface area contributed by atoms with Gasteiger partial charge in [0.2, 0.25) is 0 Å². The number of nitrogens with zero attached hydrogens (tertiary/aromatic N) is 4. The largest absolute Gasteiger partial charge is 0.363 e. The third-order valence-corrected chi connectivity index (χ3v) is 4.79. The fraction of sp³-hybridized carbons (Fsp3) is 0.182. The predicted octanol–water partition coefficient (Wildman–Crippen LogP) is 4.72. The van der Waals surface area contributed by atoms with Crippen molar-refractivity contribution in [1.29, 1.82) is 0 Å². The van der Waals surface area contributed by atoms with Gasteiger partial charge in [-0.05, 0) is 37.4 Å². The number of nitrogens with one attached hydrogen (secondary N) is 1. The Morgan fingerprint density at radius 2 is 1.93 bits per heavy atom. The number of halogens is 1. The van der Waals surface area contributed by atoms with Crippen molar-refractivity contribution in [2.75, 3.05) is 19.4 Å². The summed E-state index contributed by atoms with van der Waals surface area (Å²) < 4.78 is 2.09. The quantitative estimate of drug-likeness (QED) is 0.516. The zero-order valence-electron chi connectivity index (χ0n) is 15.9. The van der Waals surface area contributed by atoms with Gasteiger partial charge in [-0.15, -0.1) is 0 Å². The number of fused-ring (bicyclic) bond motifs is 1. The molecule has 5 nitrogen and oxygen atoms in total. The summed E-state index contributed by atoms with van der Waals surface area (Å²) in [5.41, 5.74) is 5.34. The first kappa shape index (κ1) is 18.5. The molecule has 0 aliphatic heterocycles. The van der Waals surface area contributed by atoms with Crippen LogP contribution >= 0.6 is 11.6 Å². The van der Waals surface area contributed by atoms with Crippen LogP contribution in [0.1, 0.15) is 11.1 Å². The normalized spacial score (nSPS) is 11.3. The van der Waals surface area contributed by atoms with Crippen molar-refractivity contribution >= 4 is 23.1 Å². The highest BCUT2D eigenvalue weighted by molar-refractivity contribution is 6.30. The molecule has 0 fully saturated rings. The van der Waals surface area contributed by atoms with E-state index in [9.17, 15) is 0 Å². The Kier molecular flexibility index (Phi) is 5.28. The van der Waals surface area contributed by atoms with Gasteiger partial charge in [0.15, 0.2) is 11.5 Å². The molecule has 4 aromatic rings. The van der Waals surface area contributed by atoms with Crippen LogP contribution in [0.15, 0.2) is 67.1 Å². The number of benzene rings is 2. The Morgan fingerprint density at radius 3 is 2.75 bits per heavy atom. The molecule has 0 amide bonds. The van der Waals surface area contributed by atoms with Gasteiger partial charge in [0.05, 0.1) is 11.9 Å². The fourth-order valence-corrected chi connectivity index (χ4v) is 3.54. The molecular formula is C22H22ClN5. The lowest BCUT2D eigenvalue weighted by atomic mass is 10.0. The SMILES string of the molecule is CN(C)Cc1ccccc1-c1cnc(NCc2cccc(Cl)c2)c2nccn12. The van der Waals surface area contributed by atoms with Gasteiger partial charge in [-0.2, -0.15) is 0 Å². The summed E-state index contributed by atoms with van der Waals surface area (Å²) in [7, 11) is 4.15. The van der Waals surface area contributed by atoms with E-state index in [1.807, 2.05) is 36.7 Å². The third-order valence-electron chi connectivity index (χ3n) is 4.56. The number of hydrogen-bond acceptors (Lipinski definition) is 4. The van der Waals surface area contributed by atoms with E-state index in [0.717, 1.165) is 39.9 Å². The van der Waals surface area contributed by atoms with Crippen LogP contribution in [0.4, 0.5) is 5.82 Å². The molecule has 6 heteroatoms. The number of imidazole rings is 1. The summed E-state index contributed by atoms with van der Waals surface area (Å²) in [4.78, 5) is 11.4. The first-order valence-electron chi connectivity index (χ1n) is 9.15. The van der Waals surface area contributed by atoms with E-state index in [0.29, 0.717) is 6.54 Å². The highest BCUT2D eigenvalue weighted by Crippen LogP contribution is 2.27. The zero-order chi connectivity index (χ0) is 19.5. The summed E-state index contributed by atoms with van der Waals surface area (Å²) in [5.74, 6) is 0.749. The topological polar surface area (TPSA) is 45.5 Å². The average molecular weight is 392 g/mol. The van der Waals surface area contributed by atoms with Gasteiger partial charge in [-0.1, -0.05) is 48.0 Å². The molecule has 0 bridgehead atoms. The standard InChI is InChI=1S/C22H22ClN5/c1-27(2)15-17-7-3-4-9-19(17)20-14-26-21(22-24-10-11-28(20)22)25-13-16-6-5-8-18(23)12-16/h3-12,14H,13,15H2,1-2H3,(H,25,26). The van der Waals surface area contributed by atoms with Gasteiger partial charge in [0.1, 0.15) is 0 Å². The van der Waals surface area contributed by atoms with Crippen LogP contribution in [-0.4, -0.2) is 33.4 Å². The molecular weight excluding hydrogens is 370 g/mol. The Hall–Kier alpha value is -2.89. The molecule has 0 unspecified atom stereocenters. The highest BCUT2D eigenvalue weighted by atomic mass is 35.5. The number of aromatic nitrogens is 3. The Bertz CT molecular complexity index is 1100. The van der Waals surface area contributed by atoms with Crippen LogP contribution in [0.5, 0.6) is 0 Å². The van der Waals surface area contributed by atoms with Crippen molar-refractivity contribution in [3.05, 3.63) is 83.3 Å². The molecule has 0 atom stereocenters. The first-order chi connectivity index (χ1) is 13.6. The van der Waals surface area contributed by atoms with Crippen LogP contribution in [0, 0.1) is 0 Å². The van der Waals surface area contributed by atoms with Crippen LogP contribution < -0.4 is 5.32 Å². The molecule has 0 aliphatic rings. The lowest BCUT2D eigenvalue weighted by Gasteiger charge is -2.16. The second kappa shape index (κ2) is 8.00. The molecule has 2 heterocycles. The number of anilines is 1. The smallest absolute Gasteiger partial charge is 0.180 e. The van der Waals surface area contributed by atoms with E-state index in [1.165, 1.54) is 5.56 Å². The average Bonchev–Trinajstić information content (AvgIpc) is 3.16. The molecule has 4 rings (SSSR count). The minimum absolute atomic E-state index is 0.632. The Labute approximate surface area is 169 Å². The van der Waals surface area contributed by atoms with E-state index < -0.39 is 0 Å². The van der Waals surface area contributed by atoms with Crippen LogP contribution in [0.2, 0.25) is 5.02 Å². The third kappa shape index (κ3) is 3.86. The lowest BCUT2D eigenvalue weighted by molar-refractivity contribution is 0.403. The second-order valence-corrected chi connectivity index (χ2v) is 7.43. The van der Waals surface area contributed by atoms with Gasteiger partial charge in [-0.25, -0.2) is 9.97 Å².